The minimum absolute atomic E-state index is 0.284. The van der Waals surface area contributed by atoms with Gasteiger partial charge in [-0.25, -0.2) is 0 Å². The van der Waals surface area contributed by atoms with Crippen molar-refractivity contribution in [1.29, 1.82) is 0 Å². The Balaban J connectivity index is 2.40. The van der Waals surface area contributed by atoms with Crippen molar-refractivity contribution in [2.45, 2.75) is 33.4 Å². The summed E-state index contributed by atoms with van der Waals surface area (Å²) in [4.78, 5) is 0. The largest absolute Gasteiger partial charge is 0.392 e. The van der Waals surface area contributed by atoms with Gasteiger partial charge in [0.2, 0.25) is 0 Å². The lowest BCUT2D eigenvalue weighted by atomic mass is 10.1. The maximum absolute atomic E-state index is 9.62. The number of benzene rings is 1. The molecule has 1 aromatic rings. The van der Waals surface area contributed by atoms with Crippen LogP contribution in [0.25, 0.3) is 0 Å². The van der Waals surface area contributed by atoms with Crippen molar-refractivity contribution in [2.24, 2.45) is 5.92 Å². The molecule has 0 saturated heterocycles. The van der Waals surface area contributed by atoms with Crippen molar-refractivity contribution >= 4 is 11.6 Å². The Kier molecular flexibility index (Phi) is 5.26. The van der Waals surface area contributed by atoms with E-state index in [1.165, 1.54) is 5.56 Å². The Bertz CT molecular complexity index is 339. The van der Waals surface area contributed by atoms with Crippen LogP contribution in [0, 0.1) is 12.8 Å². The van der Waals surface area contributed by atoms with E-state index in [1.54, 1.807) is 0 Å². The van der Waals surface area contributed by atoms with Gasteiger partial charge in [0.05, 0.1) is 6.10 Å². The summed E-state index contributed by atoms with van der Waals surface area (Å²) < 4.78 is 0. The van der Waals surface area contributed by atoms with Gasteiger partial charge in [0.15, 0.2) is 0 Å². The summed E-state index contributed by atoms with van der Waals surface area (Å²) in [6.45, 7) is 7.41. The molecular formula is C13H20ClNO. The molecule has 0 aliphatic rings. The number of halogens is 1. The van der Waals surface area contributed by atoms with Gasteiger partial charge >= 0.3 is 0 Å². The molecule has 0 heterocycles. The van der Waals surface area contributed by atoms with Gasteiger partial charge in [0, 0.05) is 18.1 Å². The average Bonchev–Trinajstić information content (AvgIpc) is 2.23. The zero-order chi connectivity index (χ0) is 12.1. The topological polar surface area (TPSA) is 32.3 Å². The second kappa shape index (κ2) is 6.24. The molecule has 0 fully saturated rings. The zero-order valence-corrected chi connectivity index (χ0v) is 10.9. The third-order valence-electron chi connectivity index (χ3n) is 2.67. The van der Waals surface area contributed by atoms with Gasteiger partial charge in [-0.15, -0.1) is 0 Å². The fraction of sp³-hybridized carbons (Fsp3) is 0.538. The maximum atomic E-state index is 9.62. The van der Waals surface area contributed by atoms with E-state index in [0.717, 1.165) is 17.1 Å². The fourth-order valence-electron chi connectivity index (χ4n) is 1.42. The molecule has 0 bridgehead atoms. The normalized spacial score (nSPS) is 13.1. The molecule has 16 heavy (non-hydrogen) atoms. The molecule has 0 radical (unpaired) electrons. The highest BCUT2D eigenvalue weighted by atomic mass is 35.5. The van der Waals surface area contributed by atoms with Crippen LogP contribution in [0.5, 0.6) is 0 Å². The Morgan fingerprint density at radius 3 is 2.62 bits per heavy atom. The van der Waals surface area contributed by atoms with Gasteiger partial charge in [0.1, 0.15) is 0 Å². The standard InChI is InChI=1S/C13H20ClNO/c1-9(2)13(16)8-15-7-11-4-5-12(14)10(3)6-11/h4-6,9,13,15-16H,7-8H2,1-3H3. The summed E-state index contributed by atoms with van der Waals surface area (Å²) in [6.07, 6.45) is -0.284. The van der Waals surface area contributed by atoms with Crippen molar-refractivity contribution in [1.82, 2.24) is 5.32 Å². The number of rotatable bonds is 5. The van der Waals surface area contributed by atoms with Crippen LogP contribution in [0.2, 0.25) is 5.02 Å². The van der Waals surface area contributed by atoms with Crippen LogP contribution in [0.1, 0.15) is 25.0 Å². The van der Waals surface area contributed by atoms with E-state index in [9.17, 15) is 5.11 Å². The molecule has 1 rings (SSSR count). The molecule has 90 valence electrons. The van der Waals surface area contributed by atoms with Crippen LogP contribution in [0.15, 0.2) is 18.2 Å². The summed E-state index contributed by atoms with van der Waals surface area (Å²) >= 11 is 5.95. The molecule has 3 heteroatoms. The quantitative estimate of drug-likeness (QED) is 0.831. The SMILES string of the molecule is Cc1cc(CNCC(O)C(C)C)ccc1Cl. The van der Waals surface area contributed by atoms with Gasteiger partial charge in [-0.2, -0.15) is 0 Å². The molecule has 0 spiro atoms. The third kappa shape index (κ3) is 4.12. The lowest BCUT2D eigenvalue weighted by Crippen LogP contribution is -2.30. The predicted molar refractivity (Wildman–Crippen MR) is 68.7 cm³/mol. The van der Waals surface area contributed by atoms with Gasteiger partial charge in [-0.1, -0.05) is 37.6 Å². The molecule has 0 saturated carbocycles. The summed E-state index contributed by atoms with van der Waals surface area (Å²) in [5.74, 6) is 0.291. The van der Waals surface area contributed by atoms with Crippen LogP contribution in [0.3, 0.4) is 0 Å². The van der Waals surface area contributed by atoms with E-state index in [4.69, 9.17) is 11.6 Å². The first kappa shape index (κ1) is 13.5. The molecule has 0 aliphatic heterocycles. The number of hydrogen-bond donors (Lipinski definition) is 2. The first-order chi connectivity index (χ1) is 7.50. The Morgan fingerprint density at radius 1 is 1.38 bits per heavy atom. The number of nitrogens with one attached hydrogen (secondary N) is 1. The molecule has 1 unspecified atom stereocenters. The molecular weight excluding hydrogens is 222 g/mol. The fourth-order valence-corrected chi connectivity index (χ4v) is 1.53. The van der Waals surface area contributed by atoms with Crippen molar-refractivity contribution < 1.29 is 5.11 Å². The average molecular weight is 242 g/mol. The Labute approximate surface area is 103 Å². The van der Waals surface area contributed by atoms with Crippen LogP contribution in [0.4, 0.5) is 0 Å². The van der Waals surface area contributed by atoms with Crippen molar-refractivity contribution in [3.8, 4) is 0 Å². The van der Waals surface area contributed by atoms with E-state index in [0.29, 0.717) is 12.5 Å². The van der Waals surface area contributed by atoms with Crippen molar-refractivity contribution in [3.05, 3.63) is 34.3 Å². The minimum atomic E-state index is -0.284. The lowest BCUT2D eigenvalue weighted by Gasteiger charge is -2.15. The Morgan fingerprint density at radius 2 is 2.06 bits per heavy atom. The number of hydrogen-bond acceptors (Lipinski definition) is 2. The molecule has 0 aliphatic carbocycles. The highest BCUT2D eigenvalue weighted by Gasteiger charge is 2.07. The highest BCUT2D eigenvalue weighted by molar-refractivity contribution is 6.31. The van der Waals surface area contributed by atoms with Crippen molar-refractivity contribution in [2.75, 3.05) is 6.54 Å². The summed E-state index contributed by atoms with van der Waals surface area (Å²) in [7, 11) is 0. The van der Waals surface area contributed by atoms with Gasteiger partial charge in [-0.3, -0.25) is 0 Å². The monoisotopic (exact) mass is 241 g/mol. The van der Waals surface area contributed by atoms with Gasteiger partial charge < -0.3 is 10.4 Å². The maximum Gasteiger partial charge on any atom is 0.0687 e. The summed E-state index contributed by atoms with van der Waals surface area (Å²) in [5.41, 5.74) is 2.28. The zero-order valence-electron chi connectivity index (χ0n) is 10.1. The number of aliphatic hydroxyl groups excluding tert-OH is 1. The van der Waals surface area contributed by atoms with E-state index in [1.807, 2.05) is 32.9 Å². The third-order valence-corrected chi connectivity index (χ3v) is 3.10. The van der Waals surface area contributed by atoms with E-state index in [2.05, 4.69) is 11.4 Å². The first-order valence-electron chi connectivity index (χ1n) is 5.64. The predicted octanol–water partition coefficient (Wildman–Crippen LogP) is 2.75. The summed E-state index contributed by atoms with van der Waals surface area (Å²) in [5, 5.41) is 13.7. The van der Waals surface area contributed by atoms with E-state index < -0.39 is 0 Å². The molecule has 2 nitrogen and oxygen atoms in total. The lowest BCUT2D eigenvalue weighted by molar-refractivity contribution is 0.123. The van der Waals surface area contributed by atoms with Crippen LogP contribution >= 0.6 is 11.6 Å². The molecule has 0 amide bonds. The second-order valence-electron chi connectivity index (χ2n) is 4.53. The van der Waals surface area contributed by atoms with E-state index in [-0.39, 0.29) is 6.10 Å². The van der Waals surface area contributed by atoms with Crippen LogP contribution in [-0.4, -0.2) is 17.8 Å². The molecule has 1 atom stereocenters. The first-order valence-corrected chi connectivity index (χ1v) is 6.02. The second-order valence-corrected chi connectivity index (χ2v) is 4.93. The Hall–Kier alpha value is -0.570. The molecule has 2 N–H and O–H groups in total. The van der Waals surface area contributed by atoms with E-state index >= 15 is 0 Å². The van der Waals surface area contributed by atoms with Crippen LogP contribution in [-0.2, 0) is 6.54 Å². The minimum Gasteiger partial charge on any atom is -0.392 e. The van der Waals surface area contributed by atoms with Crippen LogP contribution < -0.4 is 5.32 Å². The molecule has 1 aromatic carbocycles. The van der Waals surface area contributed by atoms with Gasteiger partial charge in [0.25, 0.3) is 0 Å². The van der Waals surface area contributed by atoms with Crippen molar-refractivity contribution in [3.63, 3.8) is 0 Å². The molecule has 0 aromatic heterocycles. The smallest absolute Gasteiger partial charge is 0.0687 e. The number of aliphatic hydroxyl groups is 1. The highest BCUT2D eigenvalue weighted by Crippen LogP contribution is 2.16. The van der Waals surface area contributed by atoms with Gasteiger partial charge in [-0.05, 0) is 30.0 Å². The summed E-state index contributed by atoms with van der Waals surface area (Å²) in [6, 6.07) is 5.98. The number of aryl methyl sites for hydroxylation is 1.